The smallest absolute Gasteiger partial charge is 0.254 e. The van der Waals surface area contributed by atoms with Gasteiger partial charge in [0.2, 0.25) is 0 Å². The molecule has 1 fully saturated rings. The van der Waals surface area contributed by atoms with Crippen LogP contribution in [0.4, 0.5) is 0 Å². The van der Waals surface area contributed by atoms with E-state index in [0.717, 1.165) is 42.5 Å². The Labute approximate surface area is 118 Å². The fourth-order valence-electron chi connectivity index (χ4n) is 2.82. The lowest BCUT2D eigenvalue weighted by atomic mass is 10.1. The Morgan fingerprint density at radius 2 is 2.30 bits per heavy atom. The minimum absolute atomic E-state index is 0.119. The lowest BCUT2D eigenvalue weighted by Crippen LogP contribution is -2.52. The maximum atomic E-state index is 12.6. The summed E-state index contributed by atoms with van der Waals surface area (Å²) in [6.45, 7) is 4.72. The predicted molar refractivity (Wildman–Crippen MR) is 78.7 cm³/mol. The minimum Gasteiger partial charge on any atom is -0.336 e. The number of H-pyrrole nitrogens is 1. The van der Waals surface area contributed by atoms with Gasteiger partial charge >= 0.3 is 0 Å². The molecule has 106 valence electrons. The van der Waals surface area contributed by atoms with Gasteiger partial charge in [-0.2, -0.15) is 5.10 Å². The van der Waals surface area contributed by atoms with Crippen molar-refractivity contribution in [2.75, 3.05) is 26.7 Å². The van der Waals surface area contributed by atoms with Crippen LogP contribution >= 0.6 is 0 Å². The van der Waals surface area contributed by atoms with Crippen LogP contribution in [0.25, 0.3) is 10.9 Å². The summed E-state index contributed by atoms with van der Waals surface area (Å²) < 4.78 is 0. The zero-order valence-electron chi connectivity index (χ0n) is 12.0. The molecule has 1 N–H and O–H groups in total. The molecule has 2 heterocycles. The molecule has 1 saturated heterocycles. The number of piperazine rings is 1. The van der Waals surface area contributed by atoms with Crippen molar-refractivity contribution in [1.82, 2.24) is 20.0 Å². The number of fused-ring (bicyclic) bond motifs is 1. The molecule has 1 amide bonds. The molecule has 1 aromatic carbocycles. The standard InChI is InChI=1S/C15H20N4O/c1-3-13-10-19(7-6-18(13)2)15(20)11-4-5-12-9-16-17-14(12)8-11/h4-5,8-9,13H,3,6-7,10H2,1-2H3,(H,16,17). The summed E-state index contributed by atoms with van der Waals surface area (Å²) in [7, 11) is 2.13. The van der Waals surface area contributed by atoms with Crippen LogP contribution in [0, 0.1) is 0 Å². The van der Waals surface area contributed by atoms with Crippen molar-refractivity contribution in [3.8, 4) is 0 Å². The van der Waals surface area contributed by atoms with Crippen LogP contribution in [0.5, 0.6) is 0 Å². The van der Waals surface area contributed by atoms with E-state index in [0.29, 0.717) is 6.04 Å². The Bertz CT molecular complexity index is 621. The first-order valence-electron chi connectivity index (χ1n) is 7.11. The number of aromatic amines is 1. The van der Waals surface area contributed by atoms with Gasteiger partial charge in [-0.25, -0.2) is 0 Å². The van der Waals surface area contributed by atoms with E-state index in [2.05, 4.69) is 29.1 Å². The highest BCUT2D eigenvalue weighted by molar-refractivity contribution is 5.97. The van der Waals surface area contributed by atoms with Gasteiger partial charge in [-0.05, 0) is 25.6 Å². The average molecular weight is 272 g/mol. The molecule has 0 bridgehead atoms. The highest BCUT2D eigenvalue weighted by Crippen LogP contribution is 2.17. The minimum atomic E-state index is 0.119. The molecule has 1 aliphatic heterocycles. The molecule has 2 aromatic rings. The van der Waals surface area contributed by atoms with E-state index in [4.69, 9.17) is 0 Å². The van der Waals surface area contributed by atoms with Crippen LogP contribution in [0.2, 0.25) is 0 Å². The first kappa shape index (κ1) is 13.1. The molecule has 0 spiro atoms. The van der Waals surface area contributed by atoms with E-state index in [-0.39, 0.29) is 5.91 Å². The van der Waals surface area contributed by atoms with Crippen LogP contribution in [0.3, 0.4) is 0 Å². The lowest BCUT2D eigenvalue weighted by molar-refractivity contribution is 0.0542. The maximum absolute atomic E-state index is 12.6. The van der Waals surface area contributed by atoms with Crippen molar-refractivity contribution < 1.29 is 4.79 Å². The Balaban J connectivity index is 1.81. The average Bonchev–Trinajstić information content (AvgIpc) is 2.94. The number of nitrogens with one attached hydrogen (secondary N) is 1. The SMILES string of the molecule is CCC1CN(C(=O)c2ccc3cn[nH]c3c2)CCN1C. The zero-order valence-corrected chi connectivity index (χ0v) is 12.0. The van der Waals surface area contributed by atoms with Crippen LogP contribution in [-0.4, -0.2) is 58.6 Å². The normalized spacial score (nSPS) is 20.5. The van der Waals surface area contributed by atoms with E-state index < -0.39 is 0 Å². The summed E-state index contributed by atoms with van der Waals surface area (Å²) in [6, 6.07) is 6.19. The van der Waals surface area contributed by atoms with Gasteiger partial charge in [0.1, 0.15) is 0 Å². The van der Waals surface area contributed by atoms with Crippen molar-refractivity contribution in [2.45, 2.75) is 19.4 Å². The van der Waals surface area contributed by atoms with Gasteiger partial charge in [-0.15, -0.1) is 0 Å². The van der Waals surface area contributed by atoms with Crippen molar-refractivity contribution in [3.63, 3.8) is 0 Å². The van der Waals surface area contributed by atoms with E-state index >= 15 is 0 Å². The summed E-state index contributed by atoms with van der Waals surface area (Å²) in [5.74, 6) is 0.119. The van der Waals surface area contributed by atoms with Crippen molar-refractivity contribution in [2.24, 2.45) is 0 Å². The van der Waals surface area contributed by atoms with Gasteiger partial charge in [0.25, 0.3) is 5.91 Å². The van der Waals surface area contributed by atoms with Gasteiger partial charge in [0.05, 0.1) is 11.7 Å². The van der Waals surface area contributed by atoms with Gasteiger partial charge < -0.3 is 4.90 Å². The molecule has 0 aliphatic carbocycles. The third kappa shape index (κ3) is 2.29. The first-order valence-corrected chi connectivity index (χ1v) is 7.11. The lowest BCUT2D eigenvalue weighted by Gasteiger charge is -2.39. The van der Waals surface area contributed by atoms with E-state index in [1.807, 2.05) is 23.1 Å². The summed E-state index contributed by atoms with van der Waals surface area (Å²) in [5.41, 5.74) is 1.65. The third-order valence-corrected chi connectivity index (χ3v) is 4.22. The van der Waals surface area contributed by atoms with E-state index in [1.165, 1.54) is 0 Å². The third-order valence-electron chi connectivity index (χ3n) is 4.22. The topological polar surface area (TPSA) is 52.2 Å². The molecule has 1 atom stereocenters. The second-order valence-electron chi connectivity index (χ2n) is 5.47. The second kappa shape index (κ2) is 5.25. The van der Waals surface area contributed by atoms with Crippen molar-refractivity contribution in [1.29, 1.82) is 0 Å². The number of carbonyl (C=O) groups excluding carboxylic acids is 1. The number of amides is 1. The monoisotopic (exact) mass is 272 g/mol. The molecule has 1 aliphatic rings. The Morgan fingerprint density at radius 1 is 1.45 bits per heavy atom. The van der Waals surface area contributed by atoms with Crippen LogP contribution in [0.15, 0.2) is 24.4 Å². The molecule has 0 radical (unpaired) electrons. The molecule has 20 heavy (non-hydrogen) atoms. The molecule has 5 nitrogen and oxygen atoms in total. The Kier molecular flexibility index (Phi) is 3.44. The van der Waals surface area contributed by atoms with Gasteiger partial charge in [-0.3, -0.25) is 14.8 Å². The van der Waals surface area contributed by atoms with Crippen LogP contribution in [-0.2, 0) is 0 Å². The number of aromatic nitrogens is 2. The Hall–Kier alpha value is -1.88. The zero-order chi connectivity index (χ0) is 14.1. The fourth-order valence-corrected chi connectivity index (χ4v) is 2.82. The van der Waals surface area contributed by atoms with Crippen molar-refractivity contribution >= 4 is 16.8 Å². The number of hydrogen-bond donors (Lipinski definition) is 1. The van der Waals surface area contributed by atoms with E-state index in [9.17, 15) is 4.79 Å². The number of carbonyl (C=O) groups is 1. The van der Waals surface area contributed by atoms with Crippen molar-refractivity contribution in [3.05, 3.63) is 30.0 Å². The second-order valence-corrected chi connectivity index (χ2v) is 5.47. The van der Waals surface area contributed by atoms with E-state index in [1.54, 1.807) is 6.20 Å². The first-order chi connectivity index (χ1) is 9.69. The summed E-state index contributed by atoms with van der Waals surface area (Å²) in [4.78, 5) is 16.9. The molecule has 1 unspecified atom stereocenters. The predicted octanol–water partition coefficient (Wildman–Crippen LogP) is 1.73. The largest absolute Gasteiger partial charge is 0.336 e. The Morgan fingerprint density at radius 3 is 3.10 bits per heavy atom. The number of rotatable bonds is 2. The molecule has 1 aromatic heterocycles. The maximum Gasteiger partial charge on any atom is 0.254 e. The number of nitrogens with zero attached hydrogens (tertiary/aromatic N) is 3. The van der Waals surface area contributed by atoms with Crippen LogP contribution < -0.4 is 0 Å². The molecular formula is C15H20N4O. The van der Waals surface area contributed by atoms with Gasteiger partial charge in [-0.1, -0.05) is 13.0 Å². The van der Waals surface area contributed by atoms with Gasteiger partial charge in [0, 0.05) is 36.6 Å². The number of benzene rings is 1. The molecule has 3 rings (SSSR count). The molecular weight excluding hydrogens is 252 g/mol. The quantitative estimate of drug-likeness (QED) is 0.906. The number of likely N-dealkylation sites (N-methyl/N-ethyl adjacent to an activating group) is 1. The molecule has 5 heteroatoms. The summed E-state index contributed by atoms with van der Waals surface area (Å²) in [5, 5.41) is 7.94. The summed E-state index contributed by atoms with van der Waals surface area (Å²) in [6.07, 6.45) is 2.84. The fraction of sp³-hybridized carbons (Fsp3) is 0.467. The van der Waals surface area contributed by atoms with Crippen LogP contribution in [0.1, 0.15) is 23.7 Å². The highest BCUT2D eigenvalue weighted by Gasteiger charge is 2.26. The van der Waals surface area contributed by atoms with Gasteiger partial charge in [0.15, 0.2) is 0 Å². The molecule has 0 saturated carbocycles. The summed E-state index contributed by atoms with van der Waals surface area (Å²) >= 11 is 0. The highest BCUT2D eigenvalue weighted by atomic mass is 16.2. The number of hydrogen-bond acceptors (Lipinski definition) is 3.